The van der Waals surface area contributed by atoms with E-state index in [-0.39, 0.29) is 0 Å². The number of ether oxygens (including phenoxy) is 1. The van der Waals surface area contributed by atoms with Gasteiger partial charge in [-0.2, -0.15) is 0 Å². The van der Waals surface area contributed by atoms with Crippen LogP contribution in [-0.4, -0.2) is 37.1 Å². The van der Waals surface area contributed by atoms with Crippen LogP contribution in [0.4, 0.5) is 5.69 Å². The number of aryl methyl sites for hydroxylation is 1. The molecule has 4 nitrogen and oxygen atoms in total. The lowest BCUT2D eigenvalue weighted by atomic mass is 10.1. The van der Waals surface area contributed by atoms with E-state index >= 15 is 0 Å². The van der Waals surface area contributed by atoms with Crippen molar-refractivity contribution in [3.8, 4) is 0 Å². The zero-order valence-electron chi connectivity index (χ0n) is 9.64. The van der Waals surface area contributed by atoms with Gasteiger partial charge in [-0.3, -0.25) is 9.78 Å². The lowest BCUT2D eigenvalue weighted by Gasteiger charge is -2.35. The molecule has 1 aromatic rings. The van der Waals surface area contributed by atoms with E-state index in [0.717, 1.165) is 37.4 Å². The van der Waals surface area contributed by atoms with Gasteiger partial charge in [0.05, 0.1) is 24.6 Å². The predicted molar refractivity (Wildman–Crippen MR) is 62.0 cm³/mol. The van der Waals surface area contributed by atoms with Crippen LogP contribution in [0.2, 0.25) is 0 Å². The molecule has 0 saturated carbocycles. The van der Waals surface area contributed by atoms with E-state index < -0.39 is 0 Å². The molecule has 1 aromatic heterocycles. The van der Waals surface area contributed by atoms with Crippen LogP contribution in [0, 0.1) is 6.92 Å². The minimum absolute atomic E-state index is 0.330. The highest BCUT2D eigenvalue weighted by molar-refractivity contribution is 5.77. The fourth-order valence-electron chi connectivity index (χ4n) is 1.98. The van der Waals surface area contributed by atoms with Crippen LogP contribution in [0.1, 0.15) is 23.0 Å². The Morgan fingerprint density at radius 1 is 1.62 bits per heavy atom. The Morgan fingerprint density at radius 2 is 2.44 bits per heavy atom. The molecule has 1 atom stereocenters. The van der Waals surface area contributed by atoms with Crippen LogP contribution in [0.3, 0.4) is 0 Å². The molecule has 1 aliphatic rings. The van der Waals surface area contributed by atoms with Crippen LogP contribution >= 0.6 is 0 Å². The molecule has 2 rings (SSSR count). The predicted octanol–water partition coefficient (Wildman–Crippen LogP) is 1.43. The van der Waals surface area contributed by atoms with Crippen molar-refractivity contribution in [1.82, 2.24) is 4.98 Å². The number of pyridine rings is 1. The Bertz CT molecular complexity index is 393. The van der Waals surface area contributed by atoms with E-state index in [4.69, 9.17) is 4.74 Å². The number of carbonyl (C=O) groups is 1. The second-order valence-electron chi connectivity index (χ2n) is 4.11. The molecule has 0 aliphatic carbocycles. The number of hydrogen-bond acceptors (Lipinski definition) is 4. The van der Waals surface area contributed by atoms with Gasteiger partial charge in [0, 0.05) is 24.3 Å². The van der Waals surface area contributed by atoms with Crippen molar-refractivity contribution in [2.45, 2.75) is 19.9 Å². The van der Waals surface area contributed by atoms with Gasteiger partial charge in [0.2, 0.25) is 0 Å². The molecule has 0 unspecified atom stereocenters. The summed E-state index contributed by atoms with van der Waals surface area (Å²) >= 11 is 0. The lowest BCUT2D eigenvalue weighted by molar-refractivity contribution is 0.0988. The van der Waals surface area contributed by atoms with E-state index in [1.165, 1.54) is 0 Å². The first kappa shape index (κ1) is 11.1. The fourth-order valence-corrected chi connectivity index (χ4v) is 1.98. The van der Waals surface area contributed by atoms with Crippen LogP contribution in [0.25, 0.3) is 0 Å². The third-order valence-corrected chi connectivity index (χ3v) is 2.89. The summed E-state index contributed by atoms with van der Waals surface area (Å²) in [6, 6.07) is 2.23. The molecule has 2 heterocycles. The summed E-state index contributed by atoms with van der Waals surface area (Å²) in [4.78, 5) is 17.2. The van der Waals surface area contributed by atoms with Gasteiger partial charge >= 0.3 is 0 Å². The highest BCUT2D eigenvalue weighted by atomic mass is 16.5. The van der Waals surface area contributed by atoms with Crippen LogP contribution in [0.5, 0.6) is 0 Å². The second-order valence-corrected chi connectivity index (χ2v) is 4.11. The molecular formula is C12H16N2O2. The molecule has 86 valence electrons. The molecule has 0 spiro atoms. The Labute approximate surface area is 95.2 Å². The summed E-state index contributed by atoms with van der Waals surface area (Å²) in [6.45, 7) is 6.39. The average Bonchev–Trinajstić information content (AvgIpc) is 2.31. The molecule has 0 N–H and O–H groups in total. The Kier molecular flexibility index (Phi) is 3.19. The molecule has 4 heteroatoms. The van der Waals surface area contributed by atoms with Gasteiger partial charge < -0.3 is 9.64 Å². The summed E-state index contributed by atoms with van der Waals surface area (Å²) in [5, 5.41) is 0. The number of morpholine rings is 1. The Morgan fingerprint density at radius 3 is 3.12 bits per heavy atom. The number of hydrogen-bond donors (Lipinski definition) is 0. The topological polar surface area (TPSA) is 42.4 Å². The van der Waals surface area contributed by atoms with Crippen molar-refractivity contribution >= 4 is 12.0 Å². The molecule has 16 heavy (non-hydrogen) atoms. The van der Waals surface area contributed by atoms with Crippen molar-refractivity contribution in [3.63, 3.8) is 0 Å². The number of carbonyl (C=O) groups excluding carboxylic acids is 1. The monoisotopic (exact) mass is 220 g/mol. The Hall–Kier alpha value is -1.42. The highest BCUT2D eigenvalue weighted by Gasteiger charge is 2.21. The maximum atomic E-state index is 10.8. The maximum Gasteiger partial charge on any atom is 0.151 e. The SMILES string of the molecule is Cc1ncc(C=O)cc1N1CCOC[C@@H]1C. The van der Waals surface area contributed by atoms with Crippen molar-refractivity contribution in [2.24, 2.45) is 0 Å². The average molecular weight is 220 g/mol. The quantitative estimate of drug-likeness (QED) is 0.707. The number of rotatable bonds is 2. The number of aldehydes is 1. The fraction of sp³-hybridized carbons (Fsp3) is 0.500. The standard InChI is InChI=1S/C12H16N2O2/c1-9-8-16-4-3-14(9)12-5-11(7-15)6-13-10(12)2/h5-7,9H,3-4,8H2,1-2H3/t9-/m0/s1. The van der Waals surface area contributed by atoms with E-state index in [9.17, 15) is 4.79 Å². The summed E-state index contributed by atoms with van der Waals surface area (Å²) in [5.41, 5.74) is 2.62. The first-order valence-corrected chi connectivity index (χ1v) is 5.48. The summed E-state index contributed by atoms with van der Waals surface area (Å²) in [5.74, 6) is 0. The smallest absolute Gasteiger partial charge is 0.151 e. The molecule has 0 amide bonds. The minimum Gasteiger partial charge on any atom is -0.377 e. The molecule has 0 bridgehead atoms. The third kappa shape index (κ3) is 2.07. The molecule has 0 aromatic carbocycles. The van der Waals surface area contributed by atoms with Gasteiger partial charge in [-0.05, 0) is 19.9 Å². The van der Waals surface area contributed by atoms with E-state index in [2.05, 4.69) is 16.8 Å². The number of anilines is 1. The van der Waals surface area contributed by atoms with Crippen molar-refractivity contribution in [3.05, 3.63) is 23.5 Å². The van der Waals surface area contributed by atoms with Crippen molar-refractivity contribution < 1.29 is 9.53 Å². The first-order valence-electron chi connectivity index (χ1n) is 5.48. The van der Waals surface area contributed by atoms with Gasteiger partial charge in [0.1, 0.15) is 0 Å². The van der Waals surface area contributed by atoms with Gasteiger partial charge in [-0.25, -0.2) is 0 Å². The lowest BCUT2D eigenvalue weighted by Crippen LogP contribution is -2.44. The zero-order valence-corrected chi connectivity index (χ0v) is 9.64. The van der Waals surface area contributed by atoms with E-state index in [1.807, 2.05) is 13.0 Å². The number of aromatic nitrogens is 1. The van der Waals surface area contributed by atoms with Crippen molar-refractivity contribution in [1.29, 1.82) is 0 Å². The molecule has 1 aliphatic heterocycles. The van der Waals surface area contributed by atoms with Gasteiger partial charge in [-0.1, -0.05) is 0 Å². The van der Waals surface area contributed by atoms with Gasteiger partial charge in [-0.15, -0.1) is 0 Å². The molecule has 0 radical (unpaired) electrons. The molecule has 1 saturated heterocycles. The maximum absolute atomic E-state index is 10.8. The first-order chi connectivity index (χ1) is 7.72. The number of nitrogens with zero attached hydrogens (tertiary/aromatic N) is 2. The summed E-state index contributed by atoms with van der Waals surface area (Å²) in [6.07, 6.45) is 2.44. The normalized spacial score (nSPS) is 20.9. The van der Waals surface area contributed by atoms with E-state index in [1.54, 1.807) is 6.20 Å². The zero-order chi connectivity index (χ0) is 11.5. The summed E-state index contributed by atoms with van der Waals surface area (Å²) in [7, 11) is 0. The van der Waals surface area contributed by atoms with Crippen molar-refractivity contribution in [2.75, 3.05) is 24.7 Å². The largest absolute Gasteiger partial charge is 0.377 e. The Balaban J connectivity index is 2.33. The van der Waals surface area contributed by atoms with Crippen LogP contribution in [0.15, 0.2) is 12.3 Å². The summed E-state index contributed by atoms with van der Waals surface area (Å²) < 4.78 is 5.40. The van der Waals surface area contributed by atoms with Crippen LogP contribution in [-0.2, 0) is 4.74 Å². The van der Waals surface area contributed by atoms with E-state index in [0.29, 0.717) is 11.6 Å². The van der Waals surface area contributed by atoms with Gasteiger partial charge in [0.25, 0.3) is 0 Å². The molecular weight excluding hydrogens is 204 g/mol. The minimum atomic E-state index is 0.330. The molecule has 1 fully saturated rings. The third-order valence-electron chi connectivity index (χ3n) is 2.89. The highest BCUT2D eigenvalue weighted by Crippen LogP contribution is 2.23. The second kappa shape index (κ2) is 4.61. The van der Waals surface area contributed by atoms with Gasteiger partial charge in [0.15, 0.2) is 6.29 Å². The van der Waals surface area contributed by atoms with Crippen LogP contribution < -0.4 is 4.90 Å².